The van der Waals surface area contributed by atoms with Crippen LogP contribution < -0.4 is 20.1 Å². The number of nitrogens with zero attached hydrogens (tertiary/aromatic N) is 2. The second-order valence-corrected chi connectivity index (χ2v) is 9.00. The largest absolute Gasteiger partial charge is 0.494 e. The number of methoxy groups -OCH3 is 1. The molecule has 0 radical (unpaired) electrons. The molecular weight excluding hydrogens is 458 g/mol. The Morgan fingerprint density at radius 3 is 2.53 bits per heavy atom. The number of ketones is 1. The molecule has 1 aliphatic heterocycles. The van der Waals surface area contributed by atoms with Crippen molar-refractivity contribution in [3.63, 3.8) is 0 Å². The first-order chi connectivity index (χ1) is 17.5. The first-order valence-electron chi connectivity index (χ1n) is 12.0. The average molecular weight is 488 g/mol. The van der Waals surface area contributed by atoms with Crippen molar-refractivity contribution in [1.82, 2.24) is 9.97 Å². The fourth-order valence-corrected chi connectivity index (χ4v) is 4.14. The lowest BCUT2D eigenvalue weighted by Gasteiger charge is -2.17. The highest BCUT2D eigenvalue weighted by Crippen LogP contribution is 2.38. The molecule has 1 atom stereocenters. The number of pyridine rings is 2. The van der Waals surface area contributed by atoms with Crippen LogP contribution in [-0.2, 0) is 4.74 Å². The Bertz CT molecular complexity index is 1270. The average Bonchev–Trinajstić information content (AvgIpc) is 3.61. The maximum absolute atomic E-state index is 13.0. The number of hydrogen-bond donors (Lipinski definition) is 3. The molecule has 3 heterocycles. The third-order valence-electron chi connectivity index (χ3n) is 6.19. The van der Waals surface area contributed by atoms with Gasteiger partial charge in [0.2, 0.25) is 0 Å². The number of hydrogen-bond acceptors (Lipinski definition) is 9. The van der Waals surface area contributed by atoms with Gasteiger partial charge in [0, 0.05) is 35.9 Å². The first kappa shape index (κ1) is 23.7. The molecule has 9 nitrogen and oxygen atoms in total. The molecule has 5 rings (SSSR count). The van der Waals surface area contributed by atoms with E-state index in [1.54, 1.807) is 32.5 Å². The van der Waals surface area contributed by atoms with Gasteiger partial charge in [-0.05, 0) is 44.0 Å². The van der Waals surface area contributed by atoms with Crippen molar-refractivity contribution in [3.8, 4) is 11.5 Å². The van der Waals surface area contributed by atoms with Gasteiger partial charge in [-0.3, -0.25) is 4.79 Å². The van der Waals surface area contributed by atoms with Gasteiger partial charge in [-0.2, -0.15) is 0 Å². The number of Topliss-reactive ketones (excluding diaryl/α,β-unsaturated/α-hetero) is 1. The van der Waals surface area contributed by atoms with Gasteiger partial charge >= 0.3 is 0 Å². The Morgan fingerprint density at radius 1 is 1.03 bits per heavy atom. The summed E-state index contributed by atoms with van der Waals surface area (Å²) >= 11 is 0. The molecule has 186 valence electrons. The standard InChI is InChI=1S/C27H29N5O4/c1-16(28)20-4-3-5-22(27(20)34-2)31-23-12-25(30-14-21(23)26(33)17-6-7-17)32-24-9-8-18(13-29-24)36-19-10-11-35-15-19/h3-5,8-9,12-14,17,19,28H,6-7,10-11,15H2,1-2H3,(H2,29,30,31,32). The minimum Gasteiger partial charge on any atom is -0.494 e. The van der Waals surface area contributed by atoms with Crippen molar-refractivity contribution >= 4 is 34.5 Å². The first-order valence-corrected chi connectivity index (χ1v) is 12.0. The van der Waals surface area contributed by atoms with Crippen molar-refractivity contribution in [1.29, 1.82) is 5.41 Å². The summed E-state index contributed by atoms with van der Waals surface area (Å²) in [5.41, 5.74) is 2.88. The van der Waals surface area contributed by atoms with Gasteiger partial charge in [0.25, 0.3) is 0 Å². The van der Waals surface area contributed by atoms with Crippen LogP contribution in [0.25, 0.3) is 0 Å². The Balaban J connectivity index is 1.40. The van der Waals surface area contributed by atoms with E-state index in [1.165, 1.54) is 0 Å². The zero-order chi connectivity index (χ0) is 25.1. The van der Waals surface area contributed by atoms with Gasteiger partial charge in [0.1, 0.15) is 23.5 Å². The van der Waals surface area contributed by atoms with Gasteiger partial charge < -0.3 is 30.3 Å². The zero-order valence-corrected chi connectivity index (χ0v) is 20.3. The van der Waals surface area contributed by atoms with E-state index in [9.17, 15) is 4.79 Å². The van der Waals surface area contributed by atoms with Crippen LogP contribution in [0.15, 0.2) is 48.8 Å². The minimum absolute atomic E-state index is 0.0442. The lowest BCUT2D eigenvalue weighted by atomic mass is 10.1. The number of carbonyl (C=O) groups excluding carboxylic acids is 1. The Hall–Kier alpha value is -3.98. The fraction of sp³-hybridized carbons (Fsp3) is 0.333. The molecule has 1 saturated carbocycles. The maximum Gasteiger partial charge on any atom is 0.169 e. The molecule has 3 N–H and O–H groups in total. The van der Waals surface area contributed by atoms with Crippen LogP contribution in [0.5, 0.6) is 11.5 Å². The number of carbonyl (C=O) groups is 1. The molecule has 1 aliphatic carbocycles. The van der Waals surface area contributed by atoms with Gasteiger partial charge in [0.05, 0.1) is 43.5 Å². The number of aromatic nitrogens is 2. The SMILES string of the molecule is COc1c(Nc2cc(Nc3ccc(OC4CCOC4)cn3)ncc2C(=O)C2CC2)cccc1C(C)=N. The predicted molar refractivity (Wildman–Crippen MR) is 137 cm³/mol. The Labute approximate surface area is 209 Å². The van der Waals surface area contributed by atoms with Crippen LogP contribution in [0.1, 0.15) is 42.1 Å². The molecule has 1 saturated heterocycles. The molecule has 0 amide bonds. The molecule has 1 unspecified atom stereocenters. The fourth-order valence-electron chi connectivity index (χ4n) is 4.14. The van der Waals surface area contributed by atoms with Crippen molar-refractivity contribution in [2.75, 3.05) is 31.0 Å². The Kier molecular flexibility index (Phi) is 6.81. The van der Waals surface area contributed by atoms with Crippen LogP contribution in [-0.4, -0.2) is 47.9 Å². The number of nitrogens with one attached hydrogen (secondary N) is 3. The molecule has 36 heavy (non-hydrogen) atoms. The van der Waals surface area contributed by atoms with Crippen LogP contribution in [0.3, 0.4) is 0 Å². The molecule has 2 aromatic heterocycles. The van der Waals surface area contributed by atoms with E-state index in [0.29, 0.717) is 58.0 Å². The molecule has 9 heteroatoms. The number of ether oxygens (including phenoxy) is 3. The molecule has 0 bridgehead atoms. The molecule has 1 aromatic carbocycles. The highest BCUT2D eigenvalue weighted by Gasteiger charge is 2.32. The van der Waals surface area contributed by atoms with Gasteiger partial charge in [-0.1, -0.05) is 6.07 Å². The second kappa shape index (κ2) is 10.3. The summed E-state index contributed by atoms with van der Waals surface area (Å²) < 4.78 is 16.8. The summed E-state index contributed by atoms with van der Waals surface area (Å²) in [4.78, 5) is 21.9. The highest BCUT2D eigenvalue weighted by atomic mass is 16.5. The summed E-state index contributed by atoms with van der Waals surface area (Å²) in [6, 6.07) is 11.0. The lowest BCUT2D eigenvalue weighted by molar-refractivity contribution is 0.0968. The van der Waals surface area contributed by atoms with E-state index in [2.05, 4.69) is 20.6 Å². The maximum atomic E-state index is 13.0. The molecular formula is C27H29N5O4. The van der Waals surface area contributed by atoms with E-state index >= 15 is 0 Å². The summed E-state index contributed by atoms with van der Waals surface area (Å²) in [7, 11) is 1.57. The topological polar surface area (TPSA) is 118 Å². The predicted octanol–water partition coefficient (Wildman–Crippen LogP) is 5.12. The smallest absolute Gasteiger partial charge is 0.169 e. The highest BCUT2D eigenvalue weighted by molar-refractivity contribution is 6.05. The van der Waals surface area contributed by atoms with E-state index in [-0.39, 0.29) is 17.8 Å². The zero-order valence-electron chi connectivity index (χ0n) is 20.3. The summed E-state index contributed by atoms with van der Waals surface area (Å²) in [6.07, 6.45) is 6.00. The van der Waals surface area contributed by atoms with Crippen molar-refractivity contribution in [3.05, 3.63) is 59.9 Å². The number of anilines is 4. The van der Waals surface area contributed by atoms with Crippen molar-refractivity contribution in [2.45, 2.75) is 32.3 Å². The minimum atomic E-state index is 0.0442. The summed E-state index contributed by atoms with van der Waals surface area (Å²) in [5, 5.41) is 14.6. The molecule has 0 spiro atoms. The van der Waals surface area contributed by atoms with Gasteiger partial charge in [0.15, 0.2) is 11.5 Å². The van der Waals surface area contributed by atoms with Crippen LogP contribution in [0, 0.1) is 11.3 Å². The third kappa shape index (κ3) is 5.31. The third-order valence-corrected chi connectivity index (χ3v) is 6.19. The van der Waals surface area contributed by atoms with Crippen LogP contribution >= 0.6 is 0 Å². The quantitative estimate of drug-likeness (QED) is 0.266. The van der Waals surface area contributed by atoms with Crippen LogP contribution in [0.4, 0.5) is 23.0 Å². The number of rotatable bonds is 10. The summed E-state index contributed by atoms with van der Waals surface area (Å²) in [5.74, 6) is 2.49. The van der Waals surface area contributed by atoms with Crippen LogP contribution in [0.2, 0.25) is 0 Å². The monoisotopic (exact) mass is 487 g/mol. The normalized spacial score (nSPS) is 16.9. The number of para-hydroxylation sites is 1. The number of benzene rings is 1. The van der Waals surface area contributed by atoms with Gasteiger partial charge in [-0.25, -0.2) is 9.97 Å². The van der Waals surface area contributed by atoms with E-state index in [1.807, 2.05) is 30.3 Å². The van der Waals surface area contributed by atoms with Crippen molar-refractivity contribution in [2.24, 2.45) is 5.92 Å². The van der Waals surface area contributed by atoms with Crippen molar-refractivity contribution < 1.29 is 19.0 Å². The van der Waals surface area contributed by atoms with E-state index in [0.717, 1.165) is 25.9 Å². The van der Waals surface area contributed by atoms with E-state index in [4.69, 9.17) is 19.6 Å². The molecule has 2 fully saturated rings. The Morgan fingerprint density at radius 2 is 1.86 bits per heavy atom. The second-order valence-electron chi connectivity index (χ2n) is 9.00. The lowest BCUT2D eigenvalue weighted by Crippen LogP contribution is -2.15. The van der Waals surface area contributed by atoms with Gasteiger partial charge in [-0.15, -0.1) is 0 Å². The molecule has 3 aromatic rings. The molecule has 2 aliphatic rings. The van der Waals surface area contributed by atoms with E-state index < -0.39 is 0 Å². The summed E-state index contributed by atoms with van der Waals surface area (Å²) in [6.45, 7) is 3.03.